The lowest BCUT2D eigenvalue weighted by Crippen LogP contribution is -2.04. The molecule has 0 aromatic heterocycles. The molecule has 0 saturated heterocycles. The Kier molecular flexibility index (Phi) is 3.53. The lowest BCUT2D eigenvalue weighted by molar-refractivity contribution is -0.132. The van der Waals surface area contributed by atoms with Gasteiger partial charge < -0.3 is 5.11 Å². The molecule has 0 fully saturated rings. The van der Waals surface area contributed by atoms with Crippen LogP contribution in [0.15, 0.2) is 22.8 Å². The van der Waals surface area contributed by atoms with E-state index in [-0.39, 0.29) is 5.57 Å². The number of rotatable bonds is 2. The Morgan fingerprint density at radius 2 is 2.29 bits per heavy atom. The molecule has 1 N–H and O–H groups in total. The first kappa shape index (κ1) is 10.6. The van der Waals surface area contributed by atoms with Crippen molar-refractivity contribution < 1.29 is 9.90 Å². The molecule has 0 aromatic rings. The van der Waals surface area contributed by atoms with E-state index >= 15 is 0 Å². The van der Waals surface area contributed by atoms with Crippen LogP contribution in [-0.4, -0.2) is 11.1 Å². The zero-order valence-corrected chi connectivity index (χ0v) is 8.34. The zero-order valence-electron chi connectivity index (χ0n) is 8.34. The molecule has 2 heteroatoms. The van der Waals surface area contributed by atoms with Crippen molar-refractivity contribution in [3.63, 3.8) is 0 Å². The van der Waals surface area contributed by atoms with Gasteiger partial charge in [0.15, 0.2) is 0 Å². The molecule has 0 radical (unpaired) electrons. The smallest absolute Gasteiger partial charge is 0.332 e. The van der Waals surface area contributed by atoms with Gasteiger partial charge in [-0.15, -0.1) is 6.42 Å². The van der Waals surface area contributed by atoms with Crippen LogP contribution < -0.4 is 0 Å². The molecule has 1 rings (SSSR count). The van der Waals surface area contributed by atoms with Gasteiger partial charge in [0.25, 0.3) is 0 Å². The second-order valence-electron chi connectivity index (χ2n) is 3.42. The van der Waals surface area contributed by atoms with Crippen LogP contribution in [0.2, 0.25) is 0 Å². The number of carbonyl (C=O) groups is 1. The van der Waals surface area contributed by atoms with Gasteiger partial charge in [0.05, 0.1) is 0 Å². The van der Waals surface area contributed by atoms with Crippen molar-refractivity contribution in [2.24, 2.45) is 0 Å². The number of carboxylic acid groups (broad SMARTS) is 1. The third kappa shape index (κ3) is 2.26. The summed E-state index contributed by atoms with van der Waals surface area (Å²) in [6.07, 6.45) is 11.6. The highest BCUT2D eigenvalue weighted by molar-refractivity contribution is 5.89. The summed E-state index contributed by atoms with van der Waals surface area (Å²) in [5, 5.41) is 8.83. The SMILES string of the molecule is C#CC(C1=CCCCC1)=C(C)C(=O)O. The van der Waals surface area contributed by atoms with Crippen LogP contribution in [-0.2, 0) is 4.79 Å². The molecule has 0 aliphatic heterocycles. The highest BCUT2D eigenvalue weighted by atomic mass is 16.4. The van der Waals surface area contributed by atoms with E-state index in [1.54, 1.807) is 6.92 Å². The summed E-state index contributed by atoms with van der Waals surface area (Å²) >= 11 is 0. The van der Waals surface area contributed by atoms with Crippen molar-refractivity contribution in [3.05, 3.63) is 22.8 Å². The van der Waals surface area contributed by atoms with Crippen LogP contribution in [0.25, 0.3) is 0 Å². The van der Waals surface area contributed by atoms with Gasteiger partial charge >= 0.3 is 5.97 Å². The van der Waals surface area contributed by atoms with Crippen molar-refractivity contribution in [1.82, 2.24) is 0 Å². The van der Waals surface area contributed by atoms with E-state index in [0.717, 1.165) is 24.8 Å². The van der Waals surface area contributed by atoms with Gasteiger partial charge in [-0.1, -0.05) is 12.0 Å². The van der Waals surface area contributed by atoms with Crippen molar-refractivity contribution in [2.45, 2.75) is 32.6 Å². The third-order valence-corrected chi connectivity index (χ3v) is 2.45. The molecule has 0 spiro atoms. The number of aliphatic carboxylic acids is 1. The first-order valence-electron chi connectivity index (χ1n) is 4.77. The summed E-state index contributed by atoms with van der Waals surface area (Å²) < 4.78 is 0. The highest BCUT2D eigenvalue weighted by Gasteiger charge is 2.13. The highest BCUT2D eigenvalue weighted by Crippen LogP contribution is 2.25. The Hall–Kier alpha value is -1.49. The van der Waals surface area contributed by atoms with Gasteiger partial charge in [-0.3, -0.25) is 0 Å². The lowest BCUT2D eigenvalue weighted by Gasteiger charge is -2.13. The minimum atomic E-state index is -0.926. The summed E-state index contributed by atoms with van der Waals surface area (Å²) in [5.41, 5.74) is 1.87. The van der Waals surface area contributed by atoms with Crippen LogP contribution in [0.5, 0.6) is 0 Å². The first-order chi connectivity index (χ1) is 6.66. The second-order valence-corrected chi connectivity index (χ2v) is 3.42. The normalized spacial score (nSPS) is 17.9. The van der Waals surface area contributed by atoms with Gasteiger partial charge in [-0.2, -0.15) is 0 Å². The largest absolute Gasteiger partial charge is 0.478 e. The molecule has 0 bridgehead atoms. The summed E-state index contributed by atoms with van der Waals surface area (Å²) in [6, 6.07) is 0. The fraction of sp³-hybridized carbons (Fsp3) is 0.417. The second kappa shape index (κ2) is 4.66. The number of hydrogen-bond donors (Lipinski definition) is 1. The van der Waals surface area contributed by atoms with Crippen LogP contribution in [0.4, 0.5) is 0 Å². The summed E-state index contributed by atoms with van der Waals surface area (Å²) in [5.74, 6) is 1.56. The van der Waals surface area contributed by atoms with Crippen molar-refractivity contribution in [1.29, 1.82) is 0 Å². The summed E-state index contributed by atoms with van der Waals surface area (Å²) in [4.78, 5) is 10.8. The van der Waals surface area contributed by atoms with Crippen LogP contribution in [0.3, 0.4) is 0 Å². The Morgan fingerprint density at radius 3 is 2.71 bits per heavy atom. The van der Waals surface area contributed by atoms with Crippen LogP contribution in [0, 0.1) is 12.3 Å². The number of carboxylic acids is 1. The molecule has 74 valence electrons. The fourth-order valence-corrected chi connectivity index (χ4v) is 1.61. The quantitative estimate of drug-likeness (QED) is 0.536. The Bertz CT molecular complexity index is 340. The van der Waals surface area contributed by atoms with Gasteiger partial charge in [-0.25, -0.2) is 4.79 Å². The van der Waals surface area contributed by atoms with Gasteiger partial charge in [0.1, 0.15) is 0 Å². The van der Waals surface area contributed by atoms with E-state index < -0.39 is 5.97 Å². The number of terminal acetylenes is 1. The molecule has 0 amide bonds. The molecular formula is C12H14O2. The first-order valence-corrected chi connectivity index (χ1v) is 4.77. The molecule has 0 heterocycles. The molecular weight excluding hydrogens is 176 g/mol. The number of hydrogen-bond acceptors (Lipinski definition) is 1. The van der Waals surface area contributed by atoms with Crippen molar-refractivity contribution in [3.8, 4) is 12.3 Å². The maximum Gasteiger partial charge on any atom is 0.332 e. The van der Waals surface area contributed by atoms with Gasteiger partial charge in [-0.05, 0) is 38.2 Å². The minimum Gasteiger partial charge on any atom is -0.478 e. The molecule has 2 nitrogen and oxygen atoms in total. The average molecular weight is 190 g/mol. The van der Waals surface area contributed by atoms with E-state index in [1.807, 2.05) is 0 Å². The molecule has 0 unspecified atom stereocenters. The fourth-order valence-electron chi connectivity index (χ4n) is 1.61. The van der Waals surface area contributed by atoms with E-state index in [2.05, 4.69) is 12.0 Å². The van der Waals surface area contributed by atoms with Gasteiger partial charge in [0.2, 0.25) is 0 Å². The Balaban J connectivity index is 3.03. The third-order valence-electron chi connectivity index (χ3n) is 2.45. The maximum atomic E-state index is 10.8. The molecule has 1 aliphatic carbocycles. The molecule has 1 aliphatic rings. The van der Waals surface area contributed by atoms with E-state index in [1.165, 1.54) is 6.42 Å². The van der Waals surface area contributed by atoms with E-state index in [0.29, 0.717) is 5.57 Å². The van der Waals surface area contributed by atoms with E-state index in [4.69, 9.17) is 11.5 Å². The average Bonchev–Trinajstić information content (AvgIpc) is 2.20. The number of allylic oxidation sites excluding steroid dienone is 3. The predicted octanol–water partition coefficient (Wildman–Crippen LogP) is 2.52. The molecule has 0 saturated carbocycles. The summed E-state index contributed by atoms with van der Waals surface area (Å²) in [7, 11) is 0. The zero-order chi connectivity index (χ0) is 10.6. The predicted molar refractivity (Wildman–Crippen MR) is 55.7 cm³/mol. The summed E-state index contributed by atoms with van der Waals surface area (Å²) in [6.45, 7) is 1.56. The monoisotopic (exact) mass is 190 g/mol. The molecule has 0 atom stereocenters. The lowest BCUT2D eigenvalue weighted by atomic mass is 9.91. The topological polar surface area (TPSA) is 37.3 Å². The van der Waals surface area contributed by atoms with Crippen molar-refractivity contribution >= 4 is 5.97 Å². The Labute approximate surface area is 84.3 Å². The van der Waals surface area contributed by atoms with E-state index in [9.17, 15) is 4.79 Å². The minimum absolute atomic E-state index is 0.278. The van der Waals surface area contributed by atoms with Crippen LogP contribution >= 0.6 is 0 Å². The molecule has 14 heavy (non-hydrogen) atoms. The Morgan fingerprint density at radius 1 is 1.57 bits per heavy atom. The van der Waals surface area contributed by atoms with Gasteiger partial charge in [0, 0.05) is 11.1 Å². The van der Waals surface area contributed by atoms with Crippen LogP contribution in [0.1, 0.15) is 32.6 Å². The molecule has 0 aromatic carbocycles. The van der Waals surface area contributed by atoms with Crippen molar-refractivity contribution in [2.75, 3.05) is 0 Å². The maximum absolute atomic E-state index is 10.8. The standard InChI is InChI=1S/C12H14O2/c1-3-11(9(2)12(13)14)10-7-5-4-6-8-10/h1,7H,4-6,8H2,2H3,(H,13,14).